The van der Waals surface area contributed by atoms with E-state index in [1.165, 1.54) is 25.4 Å². The Bertz CT molecular complexity index is 400. The van der Waals surface area contributed by atoms with Crippen LogP contribution in [0.1, 0.15) is 17.3 Å². The second-order valence-corrected chi connectivity index (χ2v) is 6.38. The van der Waals surface area contributed by atoms with E-state index in [-0.39, 0.29) is 12.6 Å². The van der Waals surface area contributed by atoms with Crippen LogP contribution in [0.2, 0.25) is 0 Å². The summed E-state index contributed by atoms with van der Waals surface area (Å²) >= 11 is 1.47. The average Bonchev–Trinajstić information content (AvgIpc) is 2.69. The largest absolute Gasteiger partial charge is 0.396 e. The van der Waals surface area contributed by atoms with Gasteiger partial charge in [0.05, 0.1) is 6.04 Å². The third kappa shape index (κ3) is 3.53. The van der Waals surface area contributed by atoms with Crippen molar-refractivity contribution < 1.29 is 13.5 Å². The number of nitrogens with one attached hydrogen (secondary N) is 1. The second-order valence-electron chi connectivity index (χ2n) is 3.49. The fourth-order valence-corrected chi connectivity index (χ4v) is 2.87. The summed E-state index contributed by atoms with van der Waals surface area (Å²) < 4.78 is 27.0. The molecule has 0 aliphatic rings. The van der Waals surface area contributed by atoms with E-state index in [4.69, 9.17) is 5.11 Å². The molecule has 0 saturated heterocycles. The molecule has 0 radical (unpaired) electrons. The molecule has 0 amide bonds. The Hall–Kier alpha value is -0.470. The lowest BCUT2D eigenvalue weighted by Crippen LogP contribution is -2.38. The van der Waals surface area contributed by atoms with Gasteiger partial charge in [0, 0.05) is 25.6 Å². The second kappa shape index (κ2) is 5.74. The normalized spacial score (nSPS) is 14.2. The lowest BCUT2D eigenvalue weighted by atomic mass is 10.2. The molecular formula is C9H16N2O3S2. The molecule has 0 aliphatic heterocycles. The minimum atomic E-state index is -3.47. The van der Waals surface area contributed by atoms with Gasteiger partial charge >= 0.3 is 0 Å². The SMILES string of the molecule is CN(C)S(=O)(=O)N[C@H](CCO)c1cccs1. The first-order valence-corrected chi connectivity index (χ1v) is 7.13. The van der Waals surface area contributed by atoms with Gasteiger partial charge in [0.15, 0.2) is 0 Å². The number of hydrogen-bond acceptors (Lipinski definition) is 4. The standard InChI is InChI=1S/C9H16N2O3S2/c1-11(2)16(13,14)10-8(5-6-12)9-4-3-7-15-9/h3-4,7-8,10,12H,5-6H2,1-2H3/t8-/m1/s1. The van der Waals surface area contributed by atoms with Crippen LogP contribution < -0.4 is 4.72 Å². The van der Waals surface area contributed by atoms with Gasteiger partial charge in [-0.15, -0.1) is 11.3 Å². The zero-order chi connectivity index (χ0) is 12.2. The molecule has 0 aromatic carbocycles. The highest BCUT2D eigenvalue weighted by molar-refractivity contribution is 7.87. The topological polar surface area (TPSA) is 69.6 Å². The van der Waals surface area contributed by atoms with Crippen molar-refractivity contribution in [2.75, 3.05) is 20.7 Å². The highest BCUT2D eigenvalue weighted by Crippen LogP contribution is 2.22. The zero-order valence-corrected chi connectivity index (χ0v) is 10.9. The maximum Gasteiger partial charge on any atom is 0.279 e. The van der Waals surface area contributed by atoms with Crippen LogP contribution in [0.4, 0.5) is 0 Å². The Labute approximate surface area is 99.9 Å². The first-order chi connectivity index (χ1) is 7.47. The molecule has 0 bridgehead atoms. The summed E-state index contributed by atoms with van der Waals surface area (Å²) in [6.45, 7) is -0.0570. The van der Waals surface area contributed by atoms with Gasteiger partial charge in [-0.3, -0.25) is 0 Å². The predicted octanol–water partition coefficient (Wildman–Crippen LogP) is 0.568. The van der Waals surface area contributed by atoms with E-state index in [1.54, 1.807) is 0 Å². The van der Waals surface area contributed by atoms with Crippen LogP contribution in [-0.2, 0) is 10.2 Å². The van der Waals surface area contributed by atoms with E-state index in [9.17, 15) is 8.42 Å². The minimum absolute atomic E-state index is 0.0570. The summed E-state index contributed by atoms with van der Waals surface area (Å²) in [4.78, 5) is 0.902. The van der Waals surface area contributed by atoms with Crippen LogP contribution in [-0.4, -0.2) is 38.5 Å². The molecule has 0 spiro atoms. The Morgan fingerprint density at radius 3 is 2.69 bits per heavy atom. The van der Waals surface area contributed by atoms with Crippen molar-refractivity contribution in [2.45, 2.75) is 12.5 Å². The average molecular weight is 264 g/mol. The Morgan fingerprint density at radius 1 is 1.56 bits per heavy atom. The van der Waals surface area contributed by atoms with Crippen LogP contribution in [0, 0.1) is 0 Å². The zero-order valence-electron chi connectivity index (χ0n) is 9.25. The molecule has 0 aliphatic carbocycles. The van der Waals surface area contributed by atoms with Gasteiger partial charge in [-0.05, 0) is 17.9 Å². The molecule has 1 aromatic heterocycles. The van der Waals surface area contributed by atoms with E-state index < -0.39 is 10.2 Å². The van der Waals surface area contributed by atoms with Gasteiger partial charge in [-0.25, -0.2) is 0 Å². The van der Waals surface area contributed by atoms with Crippen LogP contribution >= 0.6 is 11.3 Å². The maximum atomic E-state index is 11.6. The Kier molecular flexibility index (Phi) is 4.88. The fourth-order valence-electron chi connectivity index (χ4n) is 1.16. The summed E-state index contributed by atoms with van der Waals surface area (Å²) in [5.74, 6) is 0. The van der Waals surface area contributed by atoms with E-state index in [2.05, 4.69) is 4.72 Å². The fraction of sp³-hybridized carbons (Fsp3) is 0.556. The van der Waals surface area contributed by atoms with Crippen molar-refractivity contribution in [2.24, 2.45) is 0 Å². The summed E-state index contributed by atoms with van der Waals surface area (Å²) in [7, 11) is -0.537. The van der Waals surface area contributed by atoms with E-state index in [0.717, 1.165) is 9.18 Å². The van der Waals surface area contributed by atoms with Crippen molar-refractivity contribution in [3.63, 3.8) is 0 Å². The smallest absolute Gasteiger partial charge is 0.279 e. The van der Waals surface area contributed by atoms with Crippen molar-refractivity contribution in [3.05, 3.63) is 22.4 Å². The van der Waals surface area contributed by atoms with Gasteiger partial charge in [0.1, 0.15) is 0 Å². The van der Waals surface area contributed by atoms with Crippen LogP contribution in [0.3, 0.4) is 0 Å². The van der Waals surface area contributed by atoms with Crippen molar-refractivity contribution in [1.82, 2.24) is 9.03 Å². The third-order valence-electron chi connectivity index (χ3n) is 2.08. The summed E-state index contributed by atoms with van der Waals surface area (Å²) in [5, 5.41) is 10.8. The number of aliphatic hydroxyl groups is 1. The van der Waals surface area contributed by atoms with Crippen LogP contribution in [0.15, 0.2) is 17.5 Å². The van der Waals surface area contributed by atoms with E-state index in [1.807, 2.05) is 17.5 Å². The lowest BCUT2D eigenvalue weighted by Gasteiger charge is -2.19. The lowest BCUT2D eigenvalue weighted by molar-refractivity contribution is 0.272. The molecule has 16 heavy (non-hydrogen) atoms. The Balaban J connectivity index is 2.81. The van der Waals surface area contributed by atoms with Crippen molar-refractivity contribution >= 4 is 21.5 Å². The first kappa shape index (κ1) is 13.6. The molecule has 5 nitrogen and oxygen atoms in total. The quantitative estimate of drug-likeness (QED) is 0.789. The molecule has 1 heterocycles. The number of thiophene rings is 1. The van der Waals surface area contributed by atoms with E-state index in [0.29, 0.717) is 6.42 Å². The van der Waals surface area contributed by atoms with Gasteiger partial charge in [0.25, 0.3) is 10.2 Å². The van der Waals surface area contributed by atoms with E-state index >= 15 is 0 Å². The number of aliphatic hydroxyl groups excluding tert-OH is 1. The van der Waals surface area contributed by atoms with Crippen LogP contribution in [0.25, 0.3) is 0 Å². The number of hydrogen-bond donors (Lipinski definition) is 2. The van der Waals surface area contributed by atoms with Gasteiger partial charge in [-0.2, -0.15) is 17.4 Å². The molecule has 0 saturated carbocycles. The molecule has 0 fully saturated rings. The molecule has 1 aromatic rings. The number of nitrogens with zero attached hydrogens (tertiary/aromatic N) is 1. The molecule has 1 rings (SSSR count). The predicted molar refractivity (Wildman–Crippen MR) is 64.5 cm³/mol. The minimum Gasteiger partial charge on any atom is -0.396 e. The van der Waals surface area contributed by atoms with Crippen molar-refractivity contribution in [1.29, 1.82) is 0 Å². The molecule has 2 N–H and O–H groups in total. The highest BCUT2D eigenvalue weighted by Gasteiger charge is 2.21. The number of rotatable bonds is 6. The molecule has 7 heteroatoms. The monoisotopic (exact) mass is 264 g/mol. The van der Waals surface area contributed by atoms with Gasteiger partial charge < -0.3 is 5.11 Å². The van der Waals surface area contributed by atoms with Crippen molar-refractivity contribution in [3.8, 4) is 0 Å². The molecule has 1 atom stereocenters. The first-order valence-electron chi connectivity index (χ1n) is 4.81. The third-order valence-corrected chi connectivity index (χ3v) is 4.61. The summed E-state index contributed by atoms with van der Waals surface area (Å²) in [6.07, 6.45) is 0.369. The van der Waals surface area contributed by atoms with Gasteiger partial charge in [0.2, 0.25) is 0 Å². The van der Waals surface area contributed by atoms with Gasteiger partial charge in [-0.1, -0.05) is 6.07 Å². The maximum absolute atomic E-state index is 11.6. The Morgan fingerprint density at radius 2 is 2.25 bits per heavy atom. The summed E-state index contributed by atoms with van der Waals surface area (Å²) in [6, 6.07) is 3.34. The highest BCUT2D eigenvalue weighted by atomic mass is 32.2. The van der Waals surface area contributed by atoms with Crippen LogP contribution in [0.5, 0.6) is 0 Å². The molecule has 0 unspecified atom stereocenters. The molecule has 92 valence electrons. The molecular weight excluding hydrogens is 248 g/mol. The summed E-state index contributed by atoms with van der Waals surface area (Å²) in [5.41, 5.74) is 0.